The van der Waals surface area contributed by atoms with Gasteiger partial charge in [0.25, 0.3) is 0 Å². The van der Waals surface area contributed by atoms with Crippen molar-refractivity contribution >= 4 is 5.91 Å². The molecule has 0 spiro atoms. The highest BCUT2D eigenvalue weighted by Gasteiger charge is 2.38. The van der Waals surface area contributed by atoms with Crippen LogP contribution < -0.4 is 5.32 Å². The predicted molar refractivity (Wildman–Crippen MR) is 81.9 cm³/mol. The van der Waals surface area contributed by atoms with Gasteiger partial charge in [-0.1, -0.05) is 43.7 Å². The first-order chi connectivity index (χ1) is 10.1. The van der Waals surface area contributed by atoms with E-state index in [-0.39, 0.29) is 30.6 Å². The zero-order valence-electron chi connectivity index (χ0n) is 12.7. The van der Waals surface area contributed by atoms with Crippen LogP contribution in [-0.4, -0.2) is 36.9 Å². The van der Waals surface area contributed by atoms with E-state index in [2.05, 4.69) is 17.4 Å². The minimum Gasteiger partial charge on any atom is -0.396 e. The van der Waals surface area contributed by atoms with Gasteiger partial charge in [0.15, 0.2) is 0 Å². The molecule has 1 aromatic carbocycles. The molecule has 2 rings (SSSR count). The van der Waals surface area contributed by atoms with E-state index < -0.39 is 0 Å². The second kappa shape index (κ2) is 7.57. The average Bonchev–Trinajstić information content (AvgIpc) is 2.86. The maximum atomic E-state index is 11.9. The van der Waals surface area contributed by atoms with Gasteiger partial charge >= 0.3 is 0 Å². The van der Waals surface area contributed by atoms with E-state index in [4.69, 9.17) is 4.74 Å². The molecule has 0 aliphatic heterocycles. The van der Waals surface area contributed by atoms with Crippen molar-refractivity contribution in [3.8, 4) is 0 Å². The first kappa shape index (κ1) is 16.0. The third-order valence-electron chi connectivity index (χ3n) is 4.39. The summed E-state index contributed by atoms with van der Waals surface area (Å²) in [5.74, 6) is -0.0883. The Morgan fingerprint density at radius 3 is 2.90 bits per heavy atom. The number of hydrogen-bond donors (Lipinski definition) is 2. The van der Waals surface area contributed by atoms with Crippen LogP contribution in [0.1, 0.15) is 31.7 Å². The molecular weight excluding hydrogens is 266 g/mol. The van der Waals surface area contributed by atoms with Gasteiger partial charge in [-0.3, -0.25) is 4.79 Å². The molecule has 1 aliphatic carbocycles. The monoisotopic (exact) mass is 291 g/mol. The van der Waals surface area contributed by atoms with Crippen LogP contribution in [0.15, 0.2) is 30.3 Å². The number of amides is 1. The van der Waals surface area contributed by atoms with Crippen molar-refractivity contribution in [3.05, 3.63) is 35.9 Å². The summed E-state index contributed by atoms with van der Waals surface area (Å²) in [4.78, 5) is 11.9. The molecule has 116 valence electrons. The highest BCUT2D eigenvalue weighted by atomic mass is 16.5. The number of rotatable bonds is 7. The zero-order chi connectivity index (χ0) is 15.1. The van der Waals surface area contributed by atoms with Crippen molar-refractivity contribution in [2.75, 3.05) is 19.8 Å². The molecule has 1 saturated carbocycles. The van der Waals surface area contributed by atoms with Crippen LogP contribution in [0.25, 0.3) is 0 Å². The number of benzene rings is 1. The SMILES string of the molecule is CC1(CO)CCCC1NC(=O)COCCc1ccccc1. The molecule has 0 aromatic heterocycles. The Kier molecular flexibility index (Phi) is 5.76. The molecule has 0 saturated heterocycles. The Balaban J connectivity index is 1.66. The molecule has 2 N–H and O–H groups in total. The third kappa shape index (κ3) is 4.55. The average molecular weight is 291 g/mol. The molecule has 0 radical (unpaired) electrons. The summed E-state index contributed by atoms with van der Waals surface area (Å²) in [6.45, 7) is 2.78. The zero-order valence-corrected chi connectivity index (χ0v) is 12.7. The summed E-state index contributed by atoms with van der Waals surface area (Å²) in [5, 5.41) is 12.5. The Labute approximate surface area is 126 Å². The predicted octanol–water partition coefficient (Wildman–Crippen LogP) is 1.91. The number of aliphatic hydroxyl groups excluding tert-OH is 1. The Hall–Kier alpha value is -1.39. The maximum absolute atomic E-state index is 11.9. The standard InChI is InChI=1S/C17H25NO3/c1-17(13-19)10-5-8-15(17)18-16(20)12-21-11-9-14-6-3-2-4-7-14/h2-4,6-7,15,19H,5,8-13H2,1H3,(H,18,20). The minimum absolute atomic E-state index is 0.0627. The quantitative estimate of drug-likeness (QED) is 0.755. The summed E-state index contributed by atoms with van der Waals surface area (Å²) in [6, 6.07) is 10.1. The van der Waals surface area contributed by atoms with Crippen molar-refractivity contribution in [2.24, 2.45) is 5.41 Å². The molecule has 4 heteroatoms. The lowest BCUT2D eigenvalue weighted by atomic mass is 9.86. The molecule has 21 heavy (non-hydrogen) atoms. The number of carbonyl (C=O) groups is 1. The van der Waals surface area contributed by atoms with Gasteiger partial charge in [-0.15, -0.1) is 0 Å². The molecule has 4 nitrogen and oxygen atoms in total. The van der Waals surface area contributed by atoms with Crippen LogP contribution in [0.2, 0.25) is 0 Å². The molecule has 0 heterocycles. The van der Waals surface area contributed by atoms with Gasteiger partial charge in [-0.2, -0.15) is 0 Å². The van der Waals surface area contributed by atoms with Crippen molar-refractivity contribution < 1.29 is 14.6 Å². The van der Waals surface area contributed by atoms with Crippen LogP contribution in [0.4, 0.5) is 0 Å². The second-order valence-electron chi connectivity index (χ2n) is 6.11. The highest BCUT2D eigenvalue weighted by molar-refractivity contribution is 5.77. The number of hydrogen-bond acceptors (Lipinski definition) is 3. The normalized spacial score (nSPS) is 25.0. The second-order valence-corrected chi connectivity index (χ2v) is 6.11. The van der Waals surface area contributed by atoms with Gasteiger partial charge in [-0.05, 0) is 24.8 Å². The van der Waals surface area contributed by atoms with E-state index in [1.165, 1.54) is 5.56 Å². The van der Waals surface area contributed by atoms with Crippen LogP contribution >= 0.6 is 0 Å². The van der Waals surface area contributed by atoms with Crippen LogP contribution in [0, 0.1) is 5.41 Å². The van der Waals surface area contributed by atoms with Crippen molar-refractivity contribution in [3.63, 3.8) is 0 Å². The van der Waals surface area contributed by atoms with Gasteiger partial charge in [0.05, 0.1) is 13.2 Å². The number of carbonyl (C=O) groups excluding carboxylic acids is 1. The van der Waals surface area contributed by atoms with Gasteiger partial charge < -0.3 is 15.2 Å². The summed E-state index contributed by atoms with van der Waals surface area (Å²) in [5.41, 5.74) is 1.03. The molecule has 1 amide bonds. The van der Waals surface area contributed by atoms with Crippen molar-refractivity contribution in [1.82, 2.24) is 5.32 Å². The number of ether oxygens (including phenoxy) is 1. The lowest BCUT2D eigenvalue weighted by Gasteiger charge is -2.30. The largest absolute Gasteiger partial charge is 0.396 e. The van der Waals surface area contributed by atoms with Crippen molar-refractivity contribution in [2.45, 2.75) is 38.6 Å². The first-order valence-corrected chi connectivity index (χ1v) is 7.66. The van der Waals surface area contributed by atoms with E-state index in [9.17, 15) is 9.90 Å². The van der Waals surface area contributed by atoms with E-state index in [1.54, 1.807) is 0 Å². The van der Waals surface area contributed by atoms with Crippen molar-refractivity contribution in [1.29, 1.82) is 0 Å². The number of nitrogens with one attached hydrogen (secondary N) is 1. The van der Waals surface area contributed by atoms with E-state index in [1.807, 2.05) is 25.1 Å². The smallest absolute Gasteiger partial charge is 0.246 e. The Bertz CT molecular complexity index is 449. The van der Waals surface area contributed by atoms with Crippen LogP contribution in [-0.2, 0) is 16.0 Å². The summed E-state index contributed by atoms with van der Waals surface area (Å²) >= 11 is 0. The molecule has 2 atom stereocenters. The van der Waals surface area contributed by atoms with Gasteiger partial charge in [0, 0.05) is 11.5 Å². The molecule has 0 bridgehead atoms. The summed E-state index contributed by atoms with van der Waals surface area (Å²) in [6.07, 6.45) is 3.76. The fourth-order valence-electron chi connectivity index (χ4n) is 2.90. The molecule has 1 fully saturated rings. The maximum Gasteiger partial charge on any atom is 0.246 e. The van der Waals surface area contributed by atoms with Gasteiger partial charge in [-0.25, -0.2) is 0 Å². The highest BCUT2D eigenvalue weighted by Crippen LogP contribution is 2.37. The number of aliphatic hydroxyl groups is 1. The summed E-state index contributed by atoms with van der Waals surface area (Å²) < 4.78 is 5.44. The summed E-state index contributed by atoms with van der Waals surface area (Å²) in [7, 11) is 0. The molecule has 1 aliphatic rings. The van der Waals surface area contributed by atoms with E-state index >= 15 is 0 Å². The van der Waals surface area contributed by atoms with Gasteiger partial charge in [0.1, 0.15) is 6.61 Å². The fraction of sp³-hybridized carbons (Fsp3) is 0.588. The molecule has 2 unspecified atom stereocenters. The Morgan fingerprint density at radius 1 is 1.43 bits per heavy atom. The first-order valence-electron chi connectivity index (χ1n) is 7.66. The van der Waals surface area contributed by atoms with Crippen LogP contribution in [0.3, 0.4) is 0 Å². The lowest BCUT2D eigenvalue weighted by Crippen LogP contribution is -2.46. The Morgan fingerprint density at radius 2 is 2.19 bits per heavy atom. The molecular formula is C17H25NO3. The topological polar surface area (TPSA) is 58.6 Å². The fourth-order valence-corrected chi connectivity index (χ4v) is 2.90. The minimum atomic E-state index is -0.181. The lowest BCUT2D eigenvalue weighted by molar-refractivity contribution is -0.127. The van der Waals surface area contributed by atoms with E-state index in [0.29, 0.717) is 6.61 Å². The third-order valence-corrected chi connectivity index (χ3v) is 4.39. The van der Waals surface area contributed by atoms with E-state index in [0.717, 1.165) is 25.7 Å². The molecule has 1 aromatic rings. The van der Waals surface area contributed by atoms with Crippen LogP contribution in [0.5, 0.6) is 0 Å². The van der Waals surface area contributed by atoms with Gasteiger partial charge in [0.2, 0.25) is 5.91 Å².